The highest BCUT2D eigenvalue weighted by molar-refractivity contribution is 5.96. The molecular formula is C12H19NO3. The highest BCUT2D eigenvalue weighted by Crippen LogP contribution is 2.65. The fraction of sp³-hybridized carbons (Fsp3) is 0.833. The van der Waals surface area contributed by atoms with Gasteiger partial charge in [0.2, 0.25) is 0 Å². The largest absolute Gasteiger partial charge is 0.448 e. The zero-order valence-electron chi connectivity index (χ0n) is 10.3. The second kappa shape index (κ2) is 2.99. The number of carbonyl (C=O) groups is 2. The Morgan fingerprint density at radius 2 is 2.00 bits per heavy atom. The van der Waals surface area contributed by atoms with E-state index in [1.165, 1.54) is 0 Å². The Bertz CT molecular complexity index is 363. The lowest BCUT2D eigenvalue weighted by molar-refractivity contribution is -0.168. The van der Waals surface area contributed by atoms with Gasteiger partial charge in [-0.3, -0.25) is 9.59 Å². The van der Waals surface area contributed by atoms with Gasteiger partial charge in [0.15, 0.2) is 5.60 Å². The lowest BCUT2D eigenvalue weighted by Crippen LogP contribution is -2.53. The quantitative estimate of drug-likeness (QED) is 0.719. The molecule has 1 saturated carbocycles. The van der Waals surface area contributed by atoms with Gasteiger partial charge in [-0.25, -0.2) is 0 Å². The summed E-state index contributed by atoms with van der Waals surface area (Å²) in [4.78, 5) is 24.0. The molecule has 4 nitrogen and oxygen atoms in total. The molecule has 1 amide bonds. The Morgan fingerprint density at radius 3 is 2.38 bits per heavy atom. The molecule has 1 aliphatic heterocycles. The maximum Gasteiger partial charge on any atom is 0.313 e. The average molecular weight is 225 g/mol. The number of ether oxygens (including phenoxy) is 1. The summed E-state index contributed by atoms with van der Waals surface area (Å²) in [5.74, 6) is -0.371. The molecule has 4 heteroatoms. The van der Waals surface area contributed by atoms with Crippen LogP contribution in [-0.4, -0.2) is 24.0 Å². The normalized spacial score (nSPS) is 39.6. The van der Waals surface area contributed by atoms with Crippen molar-refractivity contribution >= 4 is 11.9 Å². The number of esters is 1. The second-order valence-corrected chi connectivity index (χ2v) is 5.53. The molecule has 2 rings (SSSR count). The van der Waals surface area contributed by atoms with E-state index in [4.69, 9.17) is 4.74 Å². The van der Waals surface area contributed by atoms with E-state index in [1.807, 2.05) is 27.7 Å². The van der Waals surface area contributed by atoms with Crippen LogP contribution in [0.25, 0.3) is 0 Å². The molecule has 0 unspecified atom stereocenters. The van der Waals surface area contributed by atoms with Crippen molar-refractivity contribution in [3.8, 4) is 0 Å². The second-order valence-electron chi connectivity index (χ2n) is 5.53. The van der Waals surface area contributed by atoms with E-state index in [2.05, 4.69) is 5.32 Å². The first-order valence-corrected chi connectivity index (χ1v) is 5.83. The fourth-order valence-corrected chi connectivity index (χ4v) is 3.05. The number of likely N-dealkylation sites (N-methyl/N-ethyl adjacent to an activating group) is 1. The third-order valence-corrected chi connectivity index (χ3v) is 4.79. The Balaban J connectivity index is 2.44. The van der Waals surface area contributed by atoms with Crippen molar-refractivity contribution < 1.29 is 14.3 Å². The molecule has 2 aliphatic rings. The van der Waals surface area contributed by atoms with Crippen LogP contribution in [-0.2, 0) is 14.3 Å². The van der Waals surface area contributed by atoms with E-state index in [-0.39, 0.29) is 11.9 Å². The van der Waals surface area contributed by atoms with Crippen molar-refractivity contribution in [2.75, 3.05) is 6.54 Å². The lowest BCUT2D eigenvalue weighted by Gasteiger charge is -2.35. The van der Waals surface area contributed by atoms with Crippen molar-refractivity contribution in [2.45, 2.75) is 46.1 Å². The Morgan fingerprint density at radius 1 is 1.38 bits per heavy atom. The monoisotopic (exact) mass is 225 g/mol. The van der Waals surface area contributed by atoms with Crippen LogP contribution in [0.15, 0.2) is 0 Å². The van der Waals surface area contributed by atoms with Crippen LogP contribution in [0.1, 0.15) is 40.5 Å². The topological polar surface area (TPSA) is 55.4 Å². The third-order valence-electron chi connectivity index (χ3n) is 4.79. The van der Waals surface area contributed by atoms with Crippen LogP contribution < -0.4 is 5.32 Å². The van der Waals surface area contributed by atoms with Gasteiger partial charge in [-0.1, -0.05) is 13.8 Å². The number of hydrogen-bond donors (Lipinski definition) is 1. The van der Waals surface area contributed by atoms with Gasteiger partial charge >= 0.3 is 5.97 Å². The standard InChI is InChI=1S/C12H19NO3/c1-5-13-8(14)12-7-6-11(4,9(15)16-12)10(12,2)3/h5-7H2,1-4H3,(H,13,14)/t11-,12+/m0/s1. The van der Waals surface area contributed by atoms with Gasteiger partial charge in [-0.15, -0.1) is 0 Å². The summed E-state index contributed by atoms with van der Waals surface area (Å²) >= 11 is 0. The summed E-state index contributed by atoms with van der Waals surface area (Å²) in [5, 5.41) is 2.78. The highest BCUT2D eigenvalue weighted by Gasteiger charge is 2.75. The molecule has 2 bridgehead atoms. The fourth-order valence-electron chi connectivity index (χ4n) is 3.05. The number of amides is 1. The molecule has 16 heavy (non-hydrogen) atoms. The van der Waals surface area contributed by atoms with Crippen LogP contribution in [0, 0.1) is 10.8 Å². The van der Waals surface area contributed by atoms with E-state index >= 15 is 0 Å². The SMILES string of the molecule is CCNC(=O)[C@@]12CC[C@@](C)(C(=O)O1)C2(C)C. The molecule has 2 fully saturated rings. The highest BCUT2D eigenvalue weighted by atomic mass is 16.6. The summed E-state index contributed by atoms with van der Waals surface area (Å²) < 4.78 is 5.43. The van der Waals surface area contributed by atoms with Crippen molar-refractivity contribution in [1.29, 1.82) is 0 Å². The maximum absolute atomic E-state index is 12.1. The van der Waals surface area contributed by atoms with Crippen molar-refractivity contribution in [3.05, 3.63) is 0 Å². The van der Waals surface area contributed by atoms with Gasteiger partial charge in [0.05, 0.1) is 5.41 Å². The Labute approximate surface area is 95.7 Å². The molecule has 90 valence electrons. The summed E-state index contributed by atoms with van der Waals surface area (Å²) in [6.45, 7) is 8.25. The van der Waals surface area contributed by atoms with Crippen LogP contribution in [0.5, 0.6) is 0 Å². The minimum atomic E-state index is -0.950. The van der Waals surface area contributed by atoms with Gasteiger partial charge in [0.1, 0.15) is 0 Å². The Kier molecular flexibility index (Phi) is 2.14. The minimum absolute atomic E-state index is 0.144. The molecule has 1 saturated heterocycles. The number of carbonyl (C=O) groups excluding carboxylic acids is 2. The zero-order valence-corrected chi connectivity index (χ0v) is 10.3. The Hall–Kier alpha value is -1.06. The van der Waals surface area contributed by atoms with Crippen molar-refractivity contribution in [1.82, 2.24) is 5.32 Å². The van der Waals surface area contributed by atoms with Gasteiger partial charge in [-0.05, 0) is 26.7 Å². The van der Waals surface area contributed by atoms with E-state index in [0.29, 0.717) is 13.0 Å². The molecule has 0 spiro atoms. The van der Waals surface area contributed by atoms with Gasteiger partial charge in [0.25, 0.3) is 5.91 Å². The number of fused-ring (bicyclic) bond motifs is 2. The number of nitrogens with one attached hydrogen (secondary N) is 1. The van der Waals surface area contributed by atoms with Crippen LogP contribution in [0.4, 0.5) is 0 Å². The van der Waals surface area contributed by atoms with Crippen molar-refractivity contribution in [3.63, 3.8) is 0 Å². The molecule has 1 aliphatic carbocycles. The summed E-state index contributed by atoms with van der Waals surface area (Å²) in [6.07, 6.45) is 1.37. The van der Waals surface area contributed by atoms with E-state index in [9.17, 15) is 9.59 Å². The van der Waals surface area contributed by atoms with Crippen molar-refractivity contribution in [2.24, 2.45) is 10.8 Å². The molecular weight excluding hydrogens is 206 g/mol. The predicted octanol–water partition coefficient (Wildman–Crippen LogP) is 1.24. The molecule has 0 radical (unpaired) electrons. The smallest absolute Gasteiger partial charge is 0.313 e. The summed E-state index contributed by atoms with van der Waals surface area (Å²) in [7, 11) is 0. The molecule has 0 aromatic carbocycles. The number of rotatable bonds is 2. The van der Waals surface area contributed by atoms with Gasteiger partial charge < -0.3 is 10.1 Å². The predicted molar refractivity (Wildman–Crippen MR) is 58.6 cm³/mol. The first-order chi connectivity index (χ1) is 7.32. The molecule has 1 heterocycles. The molecule has 1 N–H and O–H groups in total. The summed E-state index contributed by atoms with van der Waals surface area (Å²) in [6, 6.07) is 0. The first-order valence-electron chi connectivity index (χ1n) is 5.83. The summed E-state index contributed by atoms with van der Waals surface area (Å²) in [5.41, 5.74) is -1.90. The average Bonchev–Trinajstić information content (AvgIpc) is 2.48. The van der Waals surface area contributed by atoms with Gasteiger partial charge in [-0.2, -0.15) is 0 Å². The van der Waals surface area contributed by atoms with E-state index in [0.717, 1.165) is 6.42 Å². The maximum atomic E-state index is 12.1. The number of hydrogen-bond acceptors (Lipinski definition) is 3. The zero-order chi connectivity index (χ0) is 12.2. The minimum Gasteiger partial charge on any atom is -0.448 e. The third kappa shape index (κ3) is 0.955. The molecule has 2 atom stereocenters. The lowest BCUT2D eigenvalue weighted by atomic mass is 9.66. The van der Waals surface area contributed by atoms with Gasteiger partial charge in [0, 0.05) is 12.0 Å². The molecule has 0 aromatic heterocycles. The first kappa shape index (κ1) is 11.4. The van der Waals surface area contributed by atoms with Crippen LogP contribution >= 0.6 is 0 Å². The van der Waals surface area contributed by atoms with E-state index in [1.54, 1.807) is 0 Å². The van der Waals surface area contributed by atoms with Crippen LogP contribution in [0.2, 0.25) is 0 Å². The molecule has 0 aromatic rings. The van der Waals surface area contributed by atoms with E-state index < -0.39 is 16.4 Å². The van der Waals surface area contributed by atoms with Crippen LogP contribution in [0.3, 0.4) is 0 Å².